The van der Waals surface area contributed by atoms with Crippen molar-refractivity contribution in [3.05, 3.63) is 46.2 Å². The van der Waals surface area contributed by atoms with Gasteiger partial charge in [0.1, 0.15) is 10.7 Å². The molecule has 0 fully saturated rings. The lowest BCUT2D eigenvalue weighted by atomic mass is 10.1. The van der Waals surface area contributed by atoms with Crippen LogP contribution in [0.1, 0.15) is 49.4 Å². The molecule has 0 aliphatic rings. The fourth-order valence-corrected chi connectivity index (χ4v) is 3.55. The maximum absolute atomic E-state index is 12.6. The lowest BCUT2D eigenvalue weighted by Crippen LogP contribution is -2.15. The summed E-state index contributed by atoms with van der Waals surface area (Å²) in [6, 6.07) is 4.95. The van der Waals surface area contributed by atoms with E-state index in [0.29, 0.717) is 23.4 Å². The molecule has 0 radical (unpaired) electrons. The second-order valence-electron chi connectivity index (χ2n) is 5.86. The van der Waals surface area contributed by atoms with Crippen molar-refractivity contribution in [1.82, 2.24) is 10.2 Å². The highest BCUT2D eigenvalue weighted by Crippen LogP contribution is 2.34. The molecule has 3 rings (SSSR count). The van der Waals surface area contributed by atoms with Gasteiger partial charge >= 0.3 is 5.97 Å². The Morgan fingerprint density at radius 1 is 1.39 bits per heavy atom. The molecule has 2 amide bonds. The van der Waals surface area contributed by atoms with Crippen LogP contribution in [0.4, 0.5) is 5.00 Å². The van der Waals surface area contributed by atoms with Crippen LogP contribution in [0.2, 0.25) is 0 Å². The zero-order valence-electron chi connectivity index (χ0n) is 15.2. The molecule has 146 valence electrons. The van der Waals surface area contributed by atoms with Gasteiger partial charge in [0.2, 0.25) is 0 Å². The minimum absolute atomic E-state index is 0.0888. The Balaban J connectivity index is 1.88. The molecule has 28 heavy (non-hydrogen) atoms. The van der Waals surface area contributed by atoms with E-state index in [1.165, 1.54) is 12.3 Å². The number of furan rings is 1. The topological polar surface area (TPSA) is 140 Å². The number of nitrogens with two attached hydrogens (primary N) is 1. The molecular formula is C18H18N4O5S. The van der Waals surface area contributed by atoms with Crippen LogP contribution < -0.4 is 11.1 Å². The first kappa shape index (κ1) is 19.4. The van der Waals surface area contributed by atoms with E-state index >= 15 is 0 Å². The van der Waals surface area contributed by atoms with Gasteiger partial charge in [0.05, 0.1) is 23.3 Å². The van der Waals surface area contributed by atoms with Crippen LogP contribution in [0.3, 0.4) is 0 Å². The summed E-state index contributed by atoms with van der Waals surface area (Å²) in [6.45, 7) is 3.66. The molecule has 0 aliphatic heterocycles. The third-order valence-electron chi connectivity index (χ3n) is 3.84. The van der Waals surface area contributed by atoms with E-state index in [2.05, 4.69) is 15.5 Å². The molecule has 0 saturated carbocycles. The van der Waals surface area contributed by atoms with Gasteiger partial charge in [-0.05, 0) is 31.0 Å². The number of primary amides is 1. The second kappa shape index (κ2) is 8.09. The van der Waals surface area contributed by atoms with Gasteiger partial charge in [0.25, 0.3) is 11.8 Å². The summed E-state index contributed by atoms with van der Waals surface area (Å²) in [6.07, 6.45) is 2.14. The minimum Gasteiger partial charge on any atom is -0.463 e. The van der Waals surface area contributed by atoms with Gasteiger partial charge in [0.15, 0.2) is 11.5 Å². The summed E-state index contributed by atoms with van der Waals surface area (Å²) in [4.78, 5) is 36.8. The van der Waals surface area contributed by atoms with Crippen LogP contribution in [0.15, 0.2) is 28.9 Å². The highest BCUT2D eigenvalue weighted by molar-refractivity contribution is 7.18. The standard InChI is InChI=1S/C18H18N4O5S/c1-3-6-27-18(25)13-9(2)14(15(19)23)28-17(13)20-16(24)11-8-10(21-22-11)12-5-4-7-26-12/h4-5,7-8H,3,6H2,1-2H3,(H2,19,23)(H,20,24)(H,21,22). The first-order valence-electron chi connectivity index (χ1n) is 8.43. The number of hydrogen-bond donors (Lipinski definition) is 3. The van der Waals surface area contributed by atoms with Crippen molar-refractivity contribution in [3.8, 4) is 11.5 Å². The van der Waals surface area contributed by atoms with E-state index in [0.717, 1.165) is 11.3 Å². The van der Waals surface area contributed by atoms with Crippen LogP contribution in [-0.2, 0) is 4.74 Å². The predicted octanol–water partition coefficient (Wildman–Crippen LogP) is 2.96. The molecule has 0 atom stereocenters. The molecule has 0 aromatic carbocycles. The van der Waals surface area contributed by atoms with Crippen LogP contribution in [0.25, 0.3) is 11.5 Å². The molecule has 3 aromatic rings. The monoisotopic (exact) mass is 402 g/mol. The zero-order chi connectivity index (χ0) is 20.3. The van der Waals surface area contributed by atoms with Gasteiger partial charge in [-0.1, -0.05) is 6.92 Å². The van der Waals surface area contributed by atoms with Gasteiger partial charge in [-0.15, -0.1) is 11.3 Å². The summed E-state index contributed by atoms with van der Waals surface area (Å²) >= 11 is 0.920. The average Bonchev–Trinajstić information content (AvgIpc) is 3.39. The molecule has 0 spiro atoms. The Labute approximate surface area is 163 Å². The number of amides is 2. The summed E-state index contributed by atoms with van der Waals surface area (Å²) in [5.74, 6) is -1.35. The van der Waals surface area contributed by atoms with E-state index in [9.17, 15) is 14.4 Å². The van der Waals surface area contributed by atoms with Gasteiger partial charge in [-0.2, -0.15) is 5.10 Å². The third kappa shape index (κ3) is 3.81. The lowest BCUT2D eigenvalue weighted by molar-refractivity contribution is 0.0506. The molecule has 3 aromatic heterocycles. The van der Waals surface area contributed by atoms with E-state index in [4.69, 9.17) is 14.9 Å². The minimum atomic E-state index is -0.688. The Hall–Kier alpha value is -3.40. The molecule has 0 bridgehead atoms. The van der Waals surface area contributed by atoms with Crippen LogP contribution >= 0.6 is 11.3 Å². The molecule has 4 N–H and O–H groups in total. The number of nitrogens with one attached hydrogen (secondary N) is 2. The summed E-state index contributed by atoms with van der Waals surface area (Å²) in [5, 5.41) is 9.46. The van der Waals surface area contributed by atoms with Gasteiger partial charge in [-0.25, -0.2) is 4.79 Å². The number of carbonyl (C=O) groups excluding carboxylic acids is 3. The Morgan fingerprint density at radius 2 is 2.18 bits per heavy atom. The molecule has 10 heteroatoms. The summed E-state index contributed by atoms with van der Waals surface area (Å²) < 4.78 is 10.4. The number of rotatable bonds is 7. The molecular weight excluding hydrogens is 384 g/mol. The maximum Gasteiger partial charge on any atom is 0.341 e. The van der Waals surface area contributed by atoms with E-state index in [1.807, 2.05) is 6.92 Å². The number of nitrogens with zero attached hydrogens (tertiary/aromatic N) is 1. The predicted molar refractivity (Wildman–Crippen MR) is 102 cm³/mol. The number of ether oxygens (including phenoxy) is 1. The van der Waals surface area contributed by atoms with Crippen LogP contribution in [0.5, 0.6) is 0 Å². The van der Waals surface area contributed by atoms with Gasteiger partial charge in [-0.3, -0.25) is 14.7 Å². The van der Waals surface area contributed by atoms with Crippen molar-refractivity contribution in [2.45, 2.75) is 20.3 Å². The van der Waals surface area contributed by atoms with Crippen molar-refractivity contribution in [2.75, 3.05) is 11.9 Å². The number of hydrogen-bond acceptors (Lipinski definition) is 7. The molecule has 3 heterocycles. The third-order valence-corrected chi connectivity index (χ3v) is 5.06. The van der Waals surface area contributed by atoms with Crippen molar-refractivity contribution < 1.29 is 23.5 Å². The number of aromatic amines is 1. The smallest absolute Gasteiger partial charge is 0.341 e. The van der Waals surface area contributed by atoms with Crippen molar-refractivity contribution in [3.63, 3.8) is 0 Å². The molecule has 9 nitrogen and oxygen atoms in total. The Bertz CT molecular complexity index is 1020. The van der Waals surface area contributed by atoms with E-state index in [1.54, 1.807) is 19.1 Å². The number of anilines is 1. The quantitative estimate of drug-likeness (QED) is 0.519. The maximum atomic E-state index is 12.6. The second-order valence-corrected chi connectivity index (χ2v) is 6.88. The fourth-order valence-electron chi connectivity index (χ4n) is 2.51. The largest absolute Gasteiger partial charge is 0.463 e. The van der Waals surface area contributed by atoms with Crippen molar-refractivity contribution in [1.29, 1.82) is 0 Å². The van der Waals surface area contributed by atoms with Crippen LogP contribution in [-0.4, -0.2) is 34.6 Å². The van der Waals surface area contributed by atoms with E-state index in [-0.39, 0.29) is 27.7 Å². The number of H-pyrrole nitrogens is 1. The number of thiophene rings is 1. The highest BCUT2D eigenvalue weighted by atomic mass is 32.1. The summed E-state index contributed by atoms with van der Waals surface area (Å²) in [5.41, 5.74) is 6.47. The normalized spacial score (nSPS) is 10.6. The first-order valence-corrected chi connectivity index (χ1v) is 9.25. The number of aromatic nitrogens is 2. The zero-order valence-corrected chi connectivity index (χ0v) is 16.0. The Kier molecular flexibility index (Phi) is 5.59. The first-order chi connectivity index (χ1) is 13.4. The molecule has 0 saturated heterocycles. The average molecular weight is 402 g/mol. The molecule has 0 unspecified atom stereocenters. The lowest BCUT2D eigenvalue weighted by Gasteiger charge is -2.06. The molecule has 0 aliphatic carbocycles. The highest BCUT2D eigenvalue weighted by Gasteiger charge is 2.26. The van der Waals surface area contributed by atoms with Gasteiger partial charge in [0, 0.05) is 6.07 Å². The van der Waals surface area contributed by atoms with E-state index < -0.39 is 17.8 Å². The van der Waals surface area contributed by atoms with Crippen molar-refractivity contribution >= 4 is 34.1 Å². The fraction of sp³-hybridized carbons (Fsp3) is 0.222. The SMILES string of the molecule is CCCOC(=O)c1c(NC(=O)c2cc(-c3ccco3)[nH]n2)sc(C(N)=O)c1C. The van der Waals surface area contributed by atoms with Crippen molar-refractivity contribution in [2.24, 2.45) is 5.73 Å². The van der Waals surface area contributed by atoms with Crippen LogP contribution in [0, 0.1) is 6.92 Å². The number of carbonyl (C=O) groups is 3. The number of esters is 1. The summed E-state index contributed by atoms with van der Waals surface area (Å²) in [7, 11) is 0. The van der Waals surface area contributed by atoms with Gasteiger partial charge < -0.3 is 20.2 Å². The Morgan fingerprint density at radius 3 is 2.82 bits per heavy atom.